The molecular formula is C10H18ClN3O. The van der Waals surface area contributed by atoms with Crippen LogP contribution in [0.1, 0.15) is 18.3 Å². The van der Waals surface area contributed by atoms with E-state index in [1.165, 1.54) is 0 Å². The molecule has 0 unspecified atom stereocenters. The first-order chi connectivity index (χ1) is 7.10. The Balaban J connectivity index is 2.80. The fraction of sp³-hybridized carbons (Fsp3) is 0.700. The van der Waals surface area contributed by atoms with Crippen LogP contribution in [-0.2, 0) is 20.0 Å². The molecule has 5 heteroatoms. The van der Waals surface area contributed by atoms with Crippen LogP contribution in [0.2, 0.25) is 5.02 Å². The van der Waals surface area contributed by atoms with Crippen LogP contribution in [0.25, 0.3) is 0 Å². The van der Waals surface area contributed by atoms with Crippen LogP contribution in [-0.4, -0.2) is 40.0 Å². The van der Waals surface area contributed by atoms with Gasteiger partial charge in [0.1, 0.15) is 0 Å². The molecule has 15 heavy (non-hydrogen) atoms. The monoisotopic (exact) mass is 231 g/mol. The highest BCUT2D eigenvalue weighted by molar-refractivity contribution is 6.31. The second-order valence-electron chi connectivity index (χ2n) is 3.65. The molecule has 1 N–H and O–H groups in total. The highest BCUT2D eigenvalue weighted by atomic mass is 35.5. The molecule has 4 nitrogen and oxygen atoms in total. The number of aromatic nitrogens is 2. The summed E-state index contributed by atoms with van der Waals surface area (Å²) < 4.78 is 1.81. The Morgan fingerprint density at radius 1 is 1.53 bits per heavy atom. The number of aryl methyl sites for hydroxylation is 2. The van der Waals surface area contributed by atoms with Gasteiger partial charge >= 0.3 is 0 Å². The lowest BCUT2D eigenvalue weighted by Gasteiger charge is -2.15. The lowest BCUT2D eigenvalue weighted by atomic mass is 10.3. The van der Waals surface area contributed by atoms with Gasteiger partial charge in [-0.05, 0) is 13.5 Å². The Hall–Kier alpha value is -0.580. The van der Waals surface area contributed by atoms with Crippen LogP contribution >= 0.6 is 11.6 Å². The van der Waals surface area contributed by atoms with Crippen molar-refractivity contribution in [3.8, 4) is 0 Å². The summed E-state index contributed by atoms with van der Waals surface area (Å²) in [6, 6.07) is 0. The molecule has 1 aromatic heterocycles. The van der Waals surface area contributed by atoms with Crippen LogP contribution < -0.4 is 0 Å². The van der Waals surface area contributed by atoms with Gasteiger partial charge in [-0.3, -0.25) is 9.58 Å². The number of aliphatic hydroxyl groups is 1. The fourth-order valence-corrected chi connectivity index (χ4v) is 1.85. The normalized spacial score (nSPS) is 11.3. The molecule has 0 aromatic carbocycles. The third kappa shape index (κ3) is 2.93. The summed E-state index contributed by atoms with van der Waals surface area (Å²) in [4.78, 5) is 2.02. The minimum Gasteiger partial charge on any atom is -0.395 e. The topological polar surface area (TPSA) is 41.3 Å². The van der Waals surface area contributed by atoms with E-state index >= 15 is 0 Å². The highest BCUT2D eigenvalue weighted by Gasteiger charge is 2.13. The molecule has 0 aliphatic rings. The van der Waals surface area contributed by atoms with E-state index in [9.17, 15) is 0 Å². The Labute approximate surface area is 95.5 Å². The van der Waals surface area contributed by atoms with Gasteiger partial charge in [0, 0.05) is 20.1 Å². The van der Waals surface area contributed by atoms with Gasteiger partial charge in [-0.1, -0.05) is 18.5 Å². The van der Waals surface area contributed by atoms with Crippen LogP contribution in [0.15, 0.2) is 0 Å². The average Bonchev–Trinajstić information content (AvgIpc) is 2.45. The molecule has 0 bridgehead atoms. The maximum Gasteiger partial charge on any atom is 0.0863 e. The Morgan fingerprint density at radius 2 is 2.20 bits per heavy atom. The van der Waals surface area contributed by atoms with Crippen molar-refractivity contribution in [1.29, 1.82) is 0 Å². The van der Waals surface area contributed by atoms with Crippen LogP contribution in [0.3, 0.4) is 0 Å². The third-order valence-electron chi connectivity index (χ3n) is 2.40. The highest BCUT2D eigenvalue weighted by Crippen LogP contribution is 2.21. The maximum atomic E-state index is 8.81. The van der Waals surface area contributed by atoms with Crippen LogP contribution in [0.4, 0.5) is 0 Å². The number of likely N-dealkylation sites (N-methyl/N-ethyl adjacent to an activating group) is 1. The number of hydrogen-bond acceptors (Lipinski definition) is 3. The summed E-state index contributed by atoms with van der Waals surface area (Å²) in [5, 5.41) is 13.9. The van der Waals surface area contributed by atoms with E-state index in [0.29, 0.717) is 13.1 Å². The number of halogens is 1. The van der Waals surface area contributed by atoms with Crippen molar-refractivity contribution < 1.29 is 5.11 Å². The lowest BCUT2D eigenvalue weighted by molar-refractivity contribution is 0.214. The molecule has 0 fully saturated rings. The number of aliphatic hydroxyl groups excluding tert-OH is 1. The van der Waals surface area contributed by atoms with Gasteiger partial charge in [0.05, 0.1) is 23.0 Å². The predicted octanol–water partition coefficient (Wildman–Crippen LogP) is 1.06. The largest absolute Gasteiger partial charge is 0.395 e. The first kappa shape index (κ1) is 12.5. The van der Waals surface area contributed by atoms with Crippen LogP contribution in [0.5, 0.6) is 0 Å². The van der Waals surface area contributed by atoms with E-state index in [2.05, 4.69) is 5.10 Å². The van der Waals surface area contributed by atoms with Crippen LogP contribution in [0, 0.1) is 0 Å². The zero-order valence-corrected chi connectivity index (χ0v) is 10.3. The molecule has 0 radical (unpaired) electrons. The second kappa shape index (κ2) is 5.49. The van der Waals surface area contributed by atoms with Crippen molar-refractivity contribution >= 4 is 11.6 Å². The van der Waals surface area contributed by atoms with Crippen molar-refractivity contribution in [1.82, 2.24) is 14.7 Å². The van der Waals surface area contributed by atoms with Crippen molar-refractivity contribution in [3.05, 3.63) is 16.4 Å². The van der Waals surface area contributed by atoms with Gasteiger partial charge in [-0.25, -0.2) is 0 Å². The zero-order chi connectivity index (χ0) is 11.4. The minimum atomic E-state index is 0.159. The minimum absolute atomic E-state index is 0.159. The van der Waals surface area contributed by atoms with Gasteiger partial charge in [0.15, 0.2) is 0 Å². The summed E-state index contributed by atoms with van der Waals surface area (Å²) in [6.45, 7) is 3.55. The maximum absolute atomic E-state index is 8.81. The van der Waals surface area contributed by atoms with E-state index in [1.807, 2.05) is 30.6 Å². The van der Waals surface area contributed by atoms with E-state index in [1.54, 1.807) is 0 Å². The molecule has 0 saturated carbocycles. The quantitative estimate of drug-likeness (QED) is 0.824. The summed E-state index contributed by atoms with van der Waals surface area (Å²) >= 11 is 6.20. The summed E-state index contributed by atoms with van der Waals surface area (Å²) in [5.41, 5.74) is 1.94. The number of nitrogens with zero attached hydrogens (tertiary/aromatic N) is 3. The fourth-order valence-electron chi connectivity index (χ4n) is 1.50. The Morgan fingerprint density at radius 3 is 2.67 bits per heavy atom. The SMILES string of the molecule is CCc1nn(C)c(CN(C)CCO)c1Cl. The number of rotatable bonds is 5. The molecule has 0 aliphatic carbocycles. The predicted molar refractivity (Wildman–Crippen MR) is 61.0 cm³/mol. The zero-order valence-electron chi connectivity index (χ0n) is 9.50. The van der Waals surface area contributed by atoms with Gasteiger partial charge in [0.2, 0.25) is 0 Å². The molecular weight excluding hydrogens is 214 g/mol. The molecule has 0 aliphatic heterocycles. The van der Waals surface area contributed by atoms with Gasteiger partial charge < -0.3 is 5.11 Å². The molecule has 1 rings (SSSR count). The van der Waals surface area contributed by atoms with Crippen molar-refractivity contribution in [2.75, 3.05) is 20.2 Å². The Kier molecular flexibility index (Phi) is 4.57. The lowest BCUT2D eigenvalue weighted by Crippen LogP contribution is -2.23. The first-order valence-electron chi connectivity index (χ1n) is 5.09. The van der Waals surface area contributed by atoms with Gasteiger partial charge in [-0.15, -0.1) is 0 Å². The van der Waals surface area contributed by atoms with Gasteiger partial charge in [0.25, 0.3) is 0 Å². The molecule has 0 amide bonds. The summed E-state index contributed by atoms with van der Waals surface area (Å²) in [5.74, 6) is 0. The Bertz CT molecular complexity index is 325. The number of hydrogen-bond donors (Lipinski definition) is 1. The van der Waals surface area contributed by atoms with E-state index in [4.69, 9.17) is 16.7 Å². The molecule has 0 spiro atoms. The van der Waals surface area contributed by atoms with E-state index in [-0.39, 0.29) is 6.61 Å². The van der Waals surface area contributed by atoms with E-state index in [0.717, 1.165) is 22.8 Å². The standard InChI is InChI=1S/C10H18ClN3O/c1-4-8-10(11)9(14(3)12-8)7-13(2)5-6-15/h15H,4-7H2,1-3H3. The van der Waals surface area contributed by atoms with E-state index < -0.39 is 0 Å². The molecule has 1 aromatic rings. The van der Waals surface area contributed by atoms with Crippen molar-refractivity contribution in [2.24, 2.45) is 7.05 Å². The van der Waals surface area contributed by atoms with Crippen molar-refractivity contribution in [2.45, 2.75) is 19.9 Å². The molecule has 0 atom stereocenters. The van der Waals surface area contributed by atoms with Crippen molar-refractivity contribution in [3.63, 3.8) is 0 Å². The van der Waals surface area contributed by atoms with Gasteiger partial charge in [-0.2, -0.15) is 5.10 Å². The third-order valence-corrected chi connectivity index (χ3v) is 2.84. The molecule has 86 valence electrons. The average molecular weight is 232 g/mol. The second-order valence-corrected chi connectivity index (χ2v) is 4.02. The summed E-state index contributed by atoms with van der Waals surface area (Å²) in [6.07, 6.45) is 0.844. The smallest absolute Gasteiger partial charge is 0.0863 e. The summed E-state index contributed by atoms with van der Waals surface area (Å²) in [7, 11) is 3.85. The molecule has 0 saturated heterocycles. The first-order valence-corrected chi connectivity index (χ1v) is 5.47. The molecule has 1 heterocycles.